The Hall–Kier alpha value is -2.67. The second-order valence-corrected chi connectivity index (χ2v) is 7.57. The van der Waals surface area contributed by atoms with Crippen LogP contribution in [0.1, 0.15) is 38.5 Å². The molecule has 2 aliphatic rings. The van der Waals surface area contributed by atoms with Gasteiger partial charge in [0, 0.05) is 24.2 Å². The third-order valence-corrected chi connectivity index (χ3v) is 5.58. The number of carbonyl (C=O) groups excluding carboxylic acids is 1. The number of nitrogens with zero attached hydrogens (tertiary/aromatic N) is 1. The van der Waals surface area contributed by atoms with Crippen LogP contribution in [-0.2, 0) is 4.79 Å². The predicted octanol–water partition coefficient (Wildman–Crippen LogP) is 3.38. The van der Waals surface area contributed by atoms with Crippen LogP contribution >= 0.6 is 0 Å². The van der Waals surface area contributed by atoms with Gasteiger partial charge in [-0.2, -0.15) is 5.10 Å². The maximum absolute atomic E-state index is 11.9. The minimum atomic E-state index is -0.759. The van der Waals surface area contributed by atoms with Crippen molar-refractivity contribution in [2.24, 2.45) is 22.9 Å². The summed E-state index contributed by atoms with van der Waals surface area (Å²) in [6.07, 6.45) is 7.62. The highest BCUT2D eigenvalue weighted by molar-refractivity contribution is 5.89. The minimum absolute atomic E-state index is 0.0769. The maximum Gasteiger partial charge on any atom is 0.339 e. The smallest absolute Gasteiger partial charge is 0.339 e. The molecule has 1 aromatic carbocycles. The molecule has 0 radical (unpaired) electrons. The number of carboxylic acid groups (broad SMARTS) is 1. The number of allylic oxidation sites excluding steroid dienone is 2. The normalized spacial score (nSPS) is 27.8. The third-order valence-electron chi connectivity index (χ3n) is 5.58. The molecule has 3 rings (SSSR count). The number of nitrogens with one attached hydrogen (secondary N) is 2. The number of unbranched alkanes of at least 4 members (excludes halogenated alkanes) is 1. The topological polar surface area (TPSA) is 111 Å². The zero-order valence-electron chi connectivity index (χ0n) is 15.8. The second-order valence-electron chi connectivity index (χ2n) is 7.57. The van der Waals surface area contributed by atoms with Crippen LogP contribution < -0.4 is 10.7 Å². The summed E-state index contributed by atoms with van der Waals surface area (Å²) in [4.78, 5) is 22.5. The fourth-order valence-corrected chi connectivity index (χ4v) is 4.30. The van der Waals surface area contributed by atoms with E-state index in [1.807, 2.05) is 18.2 Å². The molecule has 0 unspecified atom stereocenters. The first-order chi connectivity index (χ1) is 13.5. The Morgan fingerprint density at radius 2 is 2.00 bits per heavy atom. The van der Waals surface area contributed by atoms with E-state index in [0.29, 0.717) is 23.9 Å². The van der Waals surface area contributed by atoms with Gasteiger partial charge >= 0.3 is 12.0 Å². The molecule has 4 N–H and O–H groups in total. The predicted molar refractivity (Wildman–Crippen MR) is 107 cm³/mol. The van der Waals surface area contributed by atoms with Gasteiger partial charge < -0.3 is 15.5 Å². The van der Waals surface area contributed by atoms with Gasteiger partial charge in [-0.1, -0.05) is 29.8 Å². The molecule has 2 aliphatic carbocycles. The lowest BCUT2D eigenvalue weighted by Gasteiger charge is -2.16. The van der Waals surface area contributed by atoms with E-state index in [2.05, 4.69) is 21.9 Å². The van der Waals surface area contributed by atoms with Crippen LogP contribution in [0.3, 0.4) is 0 Å². The van der Waals surface area contributed by atoms with Crippen molar-refractivity contribution in [2.75, 3.05) is 5.32 Å². The number of anilines is 1. The van der Waals surface area contributed by atoms with E-state index >= 15 is 0 Å². The Kier molecular flexibility index (Phi) is 6.81. The van der Waals surface area contributed by atoms with Gasteiger partial charge in [-0.05, 0) is 56.1 Å². The molecule has 7 heteroatoms. The van der Waals surface area contributed by atoms with Gasteiger partial charge in [-0.15, -0.1) is 0 Å². The number of fused-ring (bicyclic) bond motifs is 1. The number of aliphatic hydroxyl groups excluding tert-OH is 1. The summed E-state index contributed by atoms with van der Waals surface area (Å²) >= 11 is 0. The minimum Gasteiger partial charge on any atom is -0.481 e. The summed E-state index contributed by atoms with van der Waals surface area (Å²) in [7, 11) is 0. The van der Waals surface area contributed by atoms with Crippen molar-refractivity contribution in [3.63, 3.8) is 0 Å². The lowest BCUT2D eigenvalue weighted by Crippen LogP contribution is -2.27. The van der Waals surface area contributed by atoms with Gasteiger partial charge in [0.15, 0.2) is 0 Å². The molecule has 0 bridgehead atoms. The number of benzene rings is 1. The van der Waals surface area contributed by atoms with Gasteiger partial charge in [0.2, 0.25) is 0 Å². The van der Waals surface area contributed by atoms with E-state index in [1.54, 1.807) is 18.3 Å². The first kappa shape index (κ1) is 20.1. The van der Waals surface area contributed by atoms with Crippen molar-refractivity contribution >= 4 is 23.9 Å². The Bertz CT molecular complexity index is 747. The maximum atomic E-state index is 11.9. The van der Waals surface area contributed by atoms with Gasteiger partial charge in [-0.25, -0.2) is 10.2 Å². The zero-order chi connectivity index (χ0) is 19.9. The van der Waals surface area contributed by atoms with E-state index in [9.17, 15) is 14.7 Å². The molecule has 2 saturated carbocycles. The van der Waals surface area contributed by atoms with E-state index in [1.165, 1.54) is 5.57 Å². The summed E-state index contributed by atoms with van der Waals surface area (Å²) in [6, 6.07) is 8.70. The average Bonchev–Trinajstić information content (AvgIpc) is 3.17. The first-order valence-corrected chi connectivity index (χ1v) is 9.76. The molecule has 0 aliphatic heterocycles. The number of rotatable bonds is 7. The van der Waals surface area contributed by atoms with Crippen LogP contribution in [0.25, 0.3) is 0 Å². The summed E-state index contributed by atoms with van der Waals surface area (Å²) < 4.78 is 0. The molecular weight excluding hydrogens is 358 g/mol. The SMILES string of the molecule is O=C(O)CCCC=C1C[C@H]2C[C@@H](O)[C@H](/C=N/NC(=O)Nc3ccccc3)[C@H]2C1. The highest BCUT2D eigenvalue weighted by Crippen LogP contribution is 2.49. The summed E-state index contributed by atoms with van der Waals surface area (Å²) in [6.45, 7) is 0. The van der Waals surface area contributed by atoms with Crippen LogP contribution in [-0.4, -0.2) is 34.5 Å². The number of carbonyl (C=O) groups is 2. The van der Waals surface area contributed by atoms with Crippen LogP contribution in [0.15, 0.2) is 47.1 Å². The zero-order valence-corrected chi connectivity index (χ0v) is 15.8. The number of aliphatic carboxylic acids is 1. The molecule has 7 nitrogen and oxygen atoms in total. The molecule has 1 aromatic rings. The van der Waals surface area contributed by atoms with Crippen molar-refractivity contribution in [1.29, 1.82) is 0 Å². The largest absolute Gasteiger partial charge is 0.481 e. The average molecular weight is 385 g/mol. The van der Waals surface area contributed by atoms with Crippen LogP contribution in [0.5, 0.6) is 0 Å². The van der Waals surface area contributed by atoms with Crippen molar-refractivity contribution < 1.29 is 19.8 Å². The number of aliphatic hydroxyl groups is 1. The van der Waals surface area contributed by atoms with Gasteiger partial charge in [-0.3, -0.25) is 4.79 Å². The molecular formula is C21H27N3O4. The highest BCUT2D eigenvalue weighted by atomic mass is 16.4. The van der Waals surface area contributed by atoms with Crippen molar-refractivity contribution in [3.05, 3.63) is 42.0 Å². The van der Waals surface area contributed by atoms with Gasteiger partial charge in [0.05, 0.1) is 6.10 Å². The summed E-state index contributed by atoms with van der Waals surface area (Å²) in [5.74, 6) is -0.0874. The molecule has 2 amide bonds. The number of urea groups is 1. The number of hydrazone groups is 1. The molecule has 0 spiro atoms. The number of hydrogen-bond acceptors (Lipinski definition) is 4. The lowest BCUT2D eigenvalue weighted by molar-refractivity contribution is -0.137. The second kappa shape index (κ2) is 9.50. The van der Waals surface area contributed by atoms with Crippen molar-refractivity contribution in [1.82, 2.24) is 5.43 Å². The van der Waals surface area contributed by atoms with Crippen LogP contribution in [0, 0.1) is 17.8 Å². The van der Waals surface area contributed by atoms with E-state index in [0.717, 1.165) is 25.7 Å². The fourth-order valence-electron chi connectivity index (χ4n) is 4.30. The highest BCUT2D eigenvalue weighted by Gasteiger charge is 2.45. The Morgan fingerprint density at radius 3 is 2.75 bits per heavy atom. The van der Waals surface area contributed by atoms with Crippen LogP contribution in [0.4, 0.5) is 10.5 Å². The molecule has 0 saturated heterocycles. The van der Waals surface area contributed by atoms with Crippen molar-refractivity contribution in [2.45, 2.75) is 44.6 Å². The van der Waals surface area contributed by atoms with E-state index in [-0.39, 0.29) is 12.3 Å². The number of para-hydroxylation sites is 1. The van der Waals surface area contributed by atoms with E-state index in [4.69, 9.17) is 5.11 Å². The standard InChI is InChI=1S/C21H27N3O4/c25-19-12-15-10-14(6-4-5-9-20(26)27)11-17(15)18(19)13-22-24-21(28)23-16-7-2-1-3-8-16/h1-3,6-8,13,15,17-19,25H,4-5,9-12H2,(H,26,27)(H2,23,24,28)/b14-6?,22-13+/t15-,17-,18+,19+/m0/s1. The molecule has 150 valence electrons. The van der Waals surface area contributed by atoms with Gasteiger partial charge in [0.1, 0.15) is 0 Å². The monoisotopic (exact) mass is 385 g/mol. The lowest BCUT2D eigenvalue weighted by atomic mass is 9.92. The quantitative estimate of drug-likeness (QED) is 0.249. The van der Waals surface area contributed by atoms with E-state index < -0.39 is 18.1 Å². The summed E-state index contributed by atoms with van der Waals surface area (Å²) in [5.41, 5.74) is 4.49. The number of hydrogen-bond donors (Lipinski definition) is 4. The Labute approximate surface area is 164 Å². The summed E-state index contributed by atoms with van der Waals surface area (Å²) in [5, 5.41) is 25.8. The molecule has 0 heterocycles. The Balaban J connectivity index is 1.48. The molecule has 2 fully saturated rings. The van der Waals surface area contributed by atoms with Crippen LogP contribution in [0.2, 0.25) is 0 Å². The first-order valence-electron chi connectivity index (χ1n) is 9.76. The molecule has 28 heavy (non-hydrogen) atoms. The fraction of sp³-hybridized carbons (Fsp3) is 0.476. The number of carboxylic acids is 1. The van der Waals surface area contributed by atoms with Gasteiger partial charge in [0.25, 0.3) is 0 Å². The van der Waals surface area contributed by atoms with Crippen molar-refractivity contribution in [3.8, 4) is 0 Å². The Morgan fingerprint density at radius 1 is 1.21 bits per heavy atom. The third kappa shape index (κ3) is 5.42. The molecule has 4 atom stereocenters. The molecule has 0 aromatic heterocycles. The number of amides is 2.